The maximum Gasteiger partial charge on any atom is -0.0113 e. The predicted molar refractivity (Wildman–Crippen MR) is 66.7 cm³/mol. The molecule has 0 N–H and O–H groups in total. The maximum absolute atomic E-state index is 2.43. The summed E-state index contributed by atoms with van der Waals surface area (Å²) in [7, 11) is 0. The van der Waals surface area contributed by atoms with E-state index < -0.39 is 0 Å². The summed E-state index contributed by atoms with van der Waals surface area (Å²) in [5, 5.41) is 0. The topological polar surface area (TPSA) is 0 Å². The van der Waals surface area contributed by atoms with E-state index in [1.165, 1.54) is 19.3 Å². The molecule has 0 nitrogen and oxygen atoms in total. The van der Waals surface area contributed by atoms with Gasteiger partial charge in [-0.1, -0.05) is 57.9 Å². The molecule has 0 heterocycles. The molecule has 0 amide bonds. The van der Waals surface area contributed by atoms with E-state index in [1.54, 1.807) is 11.1 Å². The van der Waals surface area contributed by atoms with E-state index in [4.69, 9.17) is 0 Å². The number of hydrogen-bond acceptors (Lipinski definition) is 0. The lowest BCUT2D eigenvalue weighted by Gasteiger charge is -2.49. The van der Waals surface area contributed by atoms with Gasteiger partial charge in [-0.25, -0.2) is 0 Å². The van der Waals surface area contributed by atoms with Gasteiger partial charge in [0.25, 0.3) is 0 Å². The molecule has 0 fully saturated rings. The second-order valence-electron chi connectivity index (χ2n) is 6.55. The van der Waals surface area contributed by atoms with Crippen molar-refractivity contribution in [1.82, 2.24) is 0 Å². The molecule has 1 unspecified atom stereocenters. The van der Waals surface area contributed by atoms with Crippen LogP contribution in [0.3, 0.4) is 0 Å². The zero-order valence-corrected chi connectivity index (χ0v) is 10.9. The molecule has 2 aliphatic rings. The summed E-state index contributed by atoms with van der Waals surface area (Å²) in [6.07, 6.45) is 8.43. The molecule has 0 aromatic carbocycles. The Kier molecular flexibility index (Phi) is 2.37. The Labute approximate surface area is 94.5 Å². The number of rotatable bonds is 0. The highest BCUT2D eigenvalue weighted by Crippen LogP contribution is 2.54. The zero-order chi connectivity index (χ0) is 11.3. The zero-order valence-electron chi connectivity index (χ0n) is 10.9. The van der Waals surface area contributed by atoms with Crippen molar-refractivity contribution in [1.29, 1.82) is 0 Å². The predicted octanol–water partition coefficient (Wildman–Crippen LogP) is 4.73. The standard InChI is InChI=1S/C15H24/c1-11-10-14(2,3)12-8-6-7-9-13(12)15(11,4)5/h6-7,11H,8-10H2,1-5H3. The Morgan fingerprint density at radius 2 is 1.53 bits per heavy atom. The summed E-state index contributed by atoms with van der Waals surface area (Å²) in [6.45, 7) is 12.1. The summed E-state index contributed by atoms with van der Waals surface area (Å²) < 4.78 is 0. The average Bonchev–Trinajstić information content (AvgIpc) is 2.15. The smallest absolute Gasteiger partial charge is 0.0113 e. The Morgan fingerprint density at radius 3 is 2.13 bits per heavy atom. The van der Waals surface area contributed by atoms with Crippen LogP contribution in [0.15, 0.2) is 23.3 Å². The van der Waals surface area contributed by atoms with Gasteiger partial charge in [-0.3, -0.25) is 0 Å². The van der Waals surface area contributed by atoms with Gasteiger partial charge in [0.1, 0.15) is 0 Å². The van der Waals surface area contributed by atoms with Gasteiger partial charge in [-0.2, -0.15) is 0 Å². The van der Waals surface area contributed by atoms with Crippen molar-refractivity contribution >= 4 is 0 Å². The third-order valence-electron chi connectivity index (χ3n) is 4.82. The minimum absolute atomic E-state index is 0.412. The number of allylic oxidation sites excluding steroid dienone is 4. The third-order valence-corrected chi connectivity index (χ3v) is 4.82. The SMILES string of the molecule is CC1CC(C)(C)C2=C(CC=CC2)C1(C)C. The van der Waals surface area contributed by atoms with E-state index in [0.717, 1.165) is 5.92 Å². The van der Waals surface area contributed by atoms with Crippen LogP contribution < -0.4 is 0 Å². The fourth-order valence-corrected chi connectivity index (χ4v) is 3.43. The molecule has 0 saturated heterocycles. The van der Waals surface area contributed by atoms with E-state index in [-0.39, 0.29) is 0 Å². The summed E-state index contributed by atoms with van der Waals surface area (Å²) in [4.78, 5) is 0. The molecule has 0 saturated carbocycles. The molecule has 0 radical (unpaired) electrons. The third kappa shape index (κ3) is 1.58. The second-order valence-corrected chi connectivity index (χ2v) is 6.55. The van der Waals surface area contributed by atoms with E-state index in [1.807, 2.05) is 0 Å². The summed E-state index contributed by atoms with van der Waals surface area (Å²) >= 11 is 0. The van der Waals surface area contributed by atoms with Crippen LogP contribution >= 0.6 is 0 Å². The van der Waals surface area contributed by atoms with Crippen LogP contribution in [-0.4, -0.2) is 0 Å². The molecule has 2 aliphatic carbocycles. The molecular formula is C15H24. The fourth-order valence-electron chi connectivity index (χ4n) is 3.43. The quantitative estimate of drug-likeness (QED) is 0.501. The van der Waals surface area contributed by atoms with Crippen LogP contribution in [0.5, 0.6) is 0 Å². The first-order valence-electron chi connectivity index (χ1n) is 6.23. The lowest BCUT2D eigenvalue weighted by molar-refractivity contribution is 0.167. The number of hydrogen-bond donors (Lipinski definition) is 0. The normalized spacial score (nSPS) is 32.7. The van der Waals surface area contributed by atoms with Crippen molar-refractivity contribution in [3.8, 4) is 0 Å². The highest BCUT2D eigenvalue weighted by atomic mass is 14.5. The minimum Gasteiger partial charge on any atom is -0.0841 e. The molecule has 0 aromatic heterocycles. The first-order valence-corrected chi connectivity index (χ1v) is 6.23. The first kappa shape index (κ1) is 11.0. The second kappa shape index (κ2) is 3.23. The van der Waals surface area contributed by atoms with Crippen molar-refractivity contribution in [3.63, 3.8) is 0 Å². The van der Waals surface area contributed by atoms with Gasteiger partial charge in [0, 0.05) is 0 Å². The maximum atomic E-state index is 2.43. The van der Waals surface area contributed by atoms with Gasteiger partial charge >= 0.3 is 0 Å². The van der Waals surface area contributed by atoms with Crippen LogP contribution in [0.1, 0.15) is 53.9 Å². The van der Waals surface area contributed by atoms with Crippen LogP contribution in [-0.2, 0) is 0 Å². The molecule has 1 atom stereocenters. The molecule has 0 bridgehead atoms. The first-order chi connectivity index (χ1) is 6.86. The van der Waals surface area contributed by atoms with Crippen LogP contribution in [0.25, 0.3) is 0 Å². The largest absolute Gasteiger partial charge is 0.0841 e. The molecule has 0 aromatic rings. The Balaban J connectivity index is 2.50. The van der Waals surface area contributed by atoms with Crippen LogP contribution in [0.2, 0.25) is 0 Å². The average molecular weight is 204 g/mol. The van der Waals surface area contributed by atoms with Crippen LogP contribution in [0.4, 0.5) is 0 Å². The van der Waals surface area contributed by atoms with Gasteiger partial charge in [-0.05, 0) is 36.0 Å². The molecule has 0 aliphatic heterocycles. The molecule has 84 valence electrons. The van der Waals surface area contributed by atoms with E-state index in [0.29, 0.717) is 10.8 Å². The summed E-state index contributed by atoms with van der Waals surface area (Å²) in [5.74, 6) is 0.803. The van der Waals surface area contributed by atoms with Gasteiger partial charge in [0.2, 0.25) is 0 Å². The van der Waals surface area contributed by atoms with Gasteiger partial charge in [0.05, 0.1) is 0 Å². The Morgan fingerprint density at radius 1 is 1.00 bits per heavy atom. The monoisotopic (exact) mass is 204 g/mol. The van der Waals surface area contributed by atoms with Crippen molar-refractivity contribution in [2.75, 3.05) is 0 Å². The molecule has 0 heteroatoms. The Hall–Kier alpha value is -0.520. The van der Waals surface area contributed by atoms with Crippen molar-refractivity contribution in [2.45, 2.75) is 53.9 Å². The minimum atomic E-state index is 0.412. The fraction of sp³-hybridized carbons (Fsp3) is 0.733. The van der Waals surface area contributed by atoms with Crippen LogP contribution in [0, 0.1) is 16.7 Å². The van der Waals surface area contributed by atoms with Crippen molar-refractivity contribution < 1.29 is 0 Å². The summed E-state index contributed by atoms with van der Waals surface area (Å²) in [6, 6.07) is 0. The highest BCUT2D eigenvalue weighted by molar-refractivity contribution is 5.36. The molecule has 15 heavy (non-hydrogen) atoms. The molecule has 2 rings (SSSR count). The van der Waals surface area contributed by atoms with Gasteiger partial charge in [-0.15, -0.1) is 0 Å². The van der Waals surface area contributed by atoms with E-state index in [2.05, 4.69) is 46.8 Å². The van der Waals surface area contributed by atoms with Gasteiger partial charge in [0.15, 0.2) is 0 Å². The highest BCUT2D eigenvalue weighted by Gasteiger charge is 2.42. The Bertz CT molecular complexity index is 326. The molecule has 0 spiro atoms. The van der Waals surface area contributed by atoms with E-state index in [9.17, 15) is 0 Å². The lowest BCUT2D eigenvalue weighted by Crippen LogP contribution is -2.37. The van der Waals surface area contributed by atoms with Crippen molar-refractivity contribution in [2.24, 2.45) is 16.7 Å². The van der Waals surface area contributed by atoms with E-state index >= 15 is 0 Å². The van der Waals surface area contributed by atoms with Crippen molar-refractivity contribution in [3.05, 3.63) is 23.3 Å². The molecular weight excluding hydrogens is 180 g/mol. The van der Waals surface area contributed by atoms with Gasteiger partial charge < -0.3 is 0 Å². The lowest BCUT2D eigenvalue weighted by atomic mass is 9.56. The summed E-state index contributed by atoms with van der Waals surface area (Å²) in [5.41, 5.74) is 4.30.